The van der Waals surface area contributed by atoms with Gasteiger partial charge in [-0.3, -0.25) is 4.99 Å². The monoisotopic (exact) mass is 554 g/mol. The Hall–Kier alpha value is -2.07. The lowest BCUT2D eigenvalue weighted by Crippen LogP contribution is -2.36. The molecule has 2 N–H and O–H groups in total. The first-order valence-electron chi connectivity index (χ1n) is 10.9. The van der Waals surface area contributed by atoms with E-state index in [4.69, 9.17) is 14.2 Å². The Morgan fingerprint density at radius 1 is 1.09 bits per heavy atom. The number of benzene rings is 1. The van der Waals surface area contributed by atoms with Crippen LogP contribution in [0.25, 0.3) is 0 Å². The molecule has 3 rings (SSSR count). The largest absolute Gasteiger partial charge is 0.493 e. The minimum absolute atomic E-state index is 0. The van der Waals surface area contributed by atoms with Gasteiger partial charge in [0.1, 0.15) is 5.75 Å². The van der Waals surface area contributed by atoms with E-state index in [0.29, 0.717) is 32.2 Å². The van der Waals surface area contributed by atoms with Gasteiger partial charge in [-0.2, -0.15) is 0 Å². The summed E-state index contributed by atoms with van der Waals surface area (Å²) in [6.07, 6.45) is 5.25. The standard InChI is InChI=1S/C24H34N4O3.HI/c1-18-5-9-21(22(13-18)30-12-4-11-29-3)16-28-24(25-2)27-15-20-8-10-23(26-14-20)31-17-19-6-7-19;/h5,8-10,13-14,19H,4,6-7,11-12,15-17H2,1-3H3,(H2,25,27,28);1H. The lowest BCUT2D eigenvalue weighted by molar-refractivity contribution is 0.171. The average molecular weight is 554 g/mol. The number of hydrogen-bond donors (Lipinski definition) is 2. The minimum atomic E-state index is 0. The number of nitrogens with one attached hydrogen (secondary N) is 2. The van der Waals surface area contributed by atoms with E-state index in [9.17, 15) is 0 Å². The molecule has 1 aliphatic carbocycles. The van der Waals surface area contributed by atoms with Crippen molar-refractivity contribution in [3.05, 3.63) is 53.2 Å². The van der Waals surface area contributed by atoms with Crippen molar-refractivity contribution in [3.63, 3.8) is 0 Å². The Labute approximate surface area is 208 Å². The van der Waals surface area contributed by atoms with E-state index in [1.165, 1.54) is 18.4 Å². The molecule has 0 saturated heterocycles. The quantitative estimate of drug-likeness (QED) is 0.178. The predicted molar refractivity (Wildman–Crippen MR) is 138 cm³/mol. The molecule has 0 amide bonds. The molecule has 1 saturated carbocycles. The minimum Gasteiger partial charge on any atom is -0.493 e. The Morgan fingerprint density at radius 2 is 1.91 bits per heavy atom. The normalized spacial score (nSPS) is 13.3. The second-order valence-corrected chi connectivity index (χ2v) is 7.84. The van der Waals surface area contributed by atoms with Crippen molar-refractivity contribution in [3.8, 4) is 11.6 Å². The summed E-state index contributed by atoms with van der Waals surface area (Å²) in [5.41, 5.74) is 3.33. The van der Waals surface area contributed by atoms with Crippen LogP contribution in [0, 0.1) is 12.8 Å². The van der Waals surface area contributed by atoms with Crippen molar-refractivity contribution in [1.29, 1.82) is 0 Å². The Kier molecular flexibility index (Phi) is 11.6. The van der Waals surface area contributed by atoms with Crippen molar-refractivity contribution in [2.75, 3.05) is 34.0 Å². The van der Waals surface area contributed by atoms with Gasteiger partial charge in [-0.15, -0.1) is 24.0 Å². The highest BCUT2D eigenvalue weighted by molar-refractivity contribution is 14.0. The van der Waals surface area contributed by atoms with E-state index >= 15 is 0 Å². The molecule has 0 spiro atoms. The maximum Gasteiger partial charge on any atom is 0.213 e. The molecule has 8 heteroatoms. The molecule has 1 aliphatic rings. The molecule has 176 valence electrons. The lowest BCUT2D eigenvalue weighted by atomic mass is 10.1. The first-order valence-corrected chi connectivity index (χ1v) is 10.9. The van der Waals surface area contributed by atoms with Crippen molar-refractivity contribution in [1.82, 2.24) is 15.6 Å². The number of ether oxygens (including phenoxy) is 3. The third-order valence-corrected chi connectivity index (χ3v) is 5.06. The van der Waals surface area contributed by atoms with Crippen LogP contribution in [-0.4, -0.2) is 44.9 Å². The zero-order valence-electron chi connectivity index (χ0n) is 19.2. The van der Waals surface area contributed by atoms with Crippen molar-refractivity contribution < 1.29 is 14.2 Å². The third kappa shape index (κ3) is 9.20. The fourth-order valence-electron chi connectivity index (χ4n) is 3.00. The highest BCUT2D eigenvalue weighted by atomic mass is 127. The molecule has 1 aromatic heterocycles. The summed E-state index contributed by atoms with van der Waals surface area (Å²) in [6, 6.07) is 10.2. The Bertz CT molecular complexity index is 842. The molecule has 0 atom stereocenters. The number of pyridine rings is 1. The number of hydrogen-bond acceptors (Lipinski definition) is 5. The highest BCUT2D eigenvalue weighted by Gasteiger charge is 2.22. The van der Waals surface area contributed by atoms with Crippen LogP contribution in [-0.2, 0) is 17.8 Å². The van der Waals surface area contributed by atoms with E-state index in [1.54, 1.807) is 14.2 Å². The molecule has 0 radical (unpaired) electrons. The zero-order valence-corrected chi connectivity index (χ0v) is 21.6. The number of nitrogens with zero attached hydrogens (tertiary/aromatic N) is 2. The van der Waals surface area contributed by atoms with Gasteiger partial charge in [-0.25, -0.2) is 4.98 Å². The topological polar surface area (TPSA) is 77.0 Å². The maximum absolute atomic E-state index is 5.96. The maximum atomic E-state index is 5.96. The Balaban J connectivity index is 0.00000363. The number of halogens is 1. The zero-order chi connectivity index (χ0) is 21.9. The summed E-state index contributed by atoms with van der Waals surface area (Å²) in [5, 5.41) is 6.68. The van der Waals surface area contributed by atoms with Gasteiger partial charge in [0.25, 0.3) is 0 Å². The number of aryl methyl sites for hydroxylation is 1. The lowest BCUT2D eigenvalue weighted by Gasteiger charge is -2.15. The van der Waals surface area contributed by atoms with Crippen molar-refractivity contribution in [2.24, 2.45) is 10.9 Å². The smallest absolute Gasteiger partial charge is 0.213 e. The van der Waals surface area contributed by atoms with Crippen LogP contribution in [0.1, 0.15) is 36.0 Å². The number of methoxy groups -OCH3 is 1. The van der Waals surface area contributed by atoms with E-state index in [0.717, 1.165) is 41.8 Å². The van der Waals surface area contributed by atoms with Crippen LogP contribution < -0.4 is 20.1 Å². The molecular formula is C24H35IN4O3. The second-order valence-electron chi connectivity index (χ2n) is 7.84. The molecule has 7 nitrogen and oxygen atoms in total. The summed E-state index contributed by atoms with van der Waals surface area (Å²) >= 11 is 0. The van der Waals surface area contributed by atoms with Gasteiger partial charge >= 0.3 is 0 Å². The van der Waals surface area contributed by atoms with Crippen LogP contribution >= 0.6 is 24.0 Å². The van der Waals surface area contributed by atoms with Crippen LogP contribution in [0.3, 0.4) is 0 Å². The van der Waals surface area contributed by atoms with Gasteiger partial charge in [0.05, 0.1) is 13.2 Å². The van der Waals surface area contributed by atoms with Gasteiger partial charge in [-0.1, -0.05) is 18.2 Å². The van der Waals surface area contributed by atoms with Gasteiger partial charge in [0.15, 0.2) is 5.96 Å². The first-order chi connectivity index (χ1) is 15.2. The van der Waals surface area contributed by atoms with Gasteiger partial charge in [0.2, 0.25) is 5.88 Å². The molecule has 0 bridgehead atoms. The summed E-state index contributed by atoms with van der Waals surface area (Å²) in [7, 11) is 3.47. The number of aliphatic imine (C=N–C) groups is 1. The van der Waals surface area contributed by atoms with Gasteiger partial charge in [-0.05, 0) is 42.9 Å². The van der Waals surface area contributed by atoms with Crippen LogP contribution in [0.2, 0.25) is 0 Å². The Morgan fingerprint density at radius 3 is 2.59 bits per heavy atom. The summed E-state index contributed by atoms with van der Waals surface area (Å²) < 4.78 is 16.8. The number of rotatable bonds is 12. The number of aromatic nitrogens is 1. The van der Waals surface area contributed by atoms with E-state index < -0.39 is 0 Å². The third-order valence-electron chi connectivity index (χ3n) is 5.06. The first kappa shape index (κ1) is 26.2. The fraction of sp³-hybridized carbons (Fsp3) is 0.500. The molecule has 0 unspecified atom stereocenters. The molecular weight excluding hydrogens is 519 g/mol. The SMILES string of the molecule is CN=C(NCc1ccc(OCC2CC2)nc1)NCc1ccc(C)cc1OCCCOC.I. The van der Waals surface area contributed by atoms with Crippen molar-refractivity contribution in [2.45, 2.75) is 39.3 Å². The average Bonchev–Trinajstić information content (AvgIpc) is 3.62. The predicted octanol–water partition coefficient (Wildman–Crippen LogP) is 4.08. The number of guanidine groups is 1. The highest BCUT2D eigenvalue weighted by Crippen LogP contribution is 2.29. The van der Waals surface area contributed by atoms with Crippen LogP contribution in [0.4, 0.5) is 0 Å². The summed E-state index contributed by atoms with van der Waals surface area (Å²) in [6.45, 7) is 5.41. The van der Waals surface area contributed by atoms with Crippen LogP contribution in [0.5, 0.6) is 11.6 Å². The molecule has 1 fully saturated rings. The van der Waals surface area contributed by atoms with Crippen molar-refractivity contribution >= 4 is 29.9 Å². The molecule has 32 heavy (non-hydrogen) atoms. The second kappa shape index (κ2) is 14.2. The van der Waals surface area contributed by atoms with Gasteiger partial charge < -0.3 is 24.8 Å². The van der Waals surface area contributed by atoms with E-state index in [1.807, 2.05) is 18.3 Å². The summed E-state index contributed by atoms with van der Waals surface area (Å²) in [5.74, 6) is 3.03. The van der Waals surface area contributed by atoms with Crippen LogP contribution in [0.15, 0.2) is 41.5 Å². The van der Waals surface area contributed by atoms with E-state index in [-0.39, 0.29) is 24.0 Å². The molecule has 1 aromatic carbocycles. The summed E-state index contributed by atoms with van der Waals surface area (Å²) in [4.78, 5) is 8.71. The van der Waals surface area contributed by atoms with Gasteiger partial charge in [0, 0.05) is 58.1 Å². The molecule has 0 aliphatic heterocycles. The fourth-order valence-corrected chi connectivity index (χ4v) is 3.00. The van der Waals surface area contributed by atoms with E-state index in [2.05, 4.69) is 45.7 Å². The molecule has 1 heterocycles. The molecule has 2 aromatic rings.